The fraction of sp³-hybridized carbons (Fsp3) is 0.471. The summed E-state index contributed by atoms with van der Waals surface area (Å²) in [5.74, 6) is 0.365. The zero-order valence-electron chi connectivity index (χ0n) is 14.2. The van der Waals surface area contributed by atoms with Gasteiger partial charge in [0.05, 0.1) is 16.8 Å². The van der Waals surface area contributed by atoms with E-state index in [1.807, 2.05) is 25.1 Å². The van der Waals surface area contributed by atoms with Crippen LogP contribution < -0.4 is 15.5 Å². The van der Waals surface area contributed by atoms with Crippen LogP contribution >= 0.6 is 11.3 Å². The van der Waals surface area contributed by atoms with Crippen LogP contribution in [0.5, 0.6) is 5.75 Å². The highest BCUT2D eigenvalue weighted by atomic mass is 32.1. The molecule has 0 fully saturated rings. The van der Waals surface area contributed by atoms with Crippen molar-refractivity contribution in [1.29, 1.82) is 0 Å². The van der Waals surface area contributed by atoms with Crippen LogP contribution in [0, 0.1) is 0 Å². The maximum Gasteiger partial charge on any atom is 0.243 e. The minimum Gasteiger partial charge on any atom is -0.494 e. The average Bonchev–Trinajstić information content (AvgIpc) is 2.99. The molecule has 0 atom stereocenters. The van der Waals surface area contributed by atoms with Crippen molar-refractivity contribution in [3.8, 4) is 5.75 Å². The van der Waals surface area contributed by atoms with Crippen LogP contribution in [0.4, 0.5) is 5.13 Å². The molecule has 2 aromatic rings. The zero-order valence-corrected chi connectivity index (χ0v) is 15.0. The van der Waals surface area contributed by atoms with Crippen LogP contribution in [0.25, 0.3) is 10.2 Å². The molecule has 1 heterocycles. The van der Waals surface area contributed by atoms with Crippen LogP contribution in [0.15, 0.2) is 18.2 Å². The van der Waals surface area contributed by atoms with E-state index in [4.69, 9.17) is 9.94 Å². The molecule has 2 amide bonds. The first-order valence-electron chi connectivity index (χ1n) is 8.38. The van der Waals surface area contributed by atoms with Gasteiger partial charge in [-0.05, 0) is 38.0 Å². The van der Waals surface area contributed by atoms with Gasteiger partial charge in [0.25, 0.3) is 0 Å². The molecule has 1 aromatic heterocycles. The molecule has 0 unspecified atom stereocenters. The minimum absolute atomic E-state index is 0.0582. The van der Waals surface area contributed by atoms with Crippen LogP contribution in [-0.4, -0.2) is 28.6 Å². The Morgan fingerprint density at radius 1 is 1.16 bits per heavy atom. The van der Waals surface area contributed by atoms with Gasteiger partial charge in [0, 0.05) is 12.8 Å². The van der Waals surface area contributed by atoms with E-state index in [9.17, 15) is 9.59 Å². The number of unbranched alkanes of at least 4 members (excludes halogenated alkanes) is 3. The first kappa shape index (κ1) is 19.1. The predicted octanol–water partition coefficient (Wildman–Crippen LogP) is 3.48. The summed E-state index contributed by atoms with van der Waals surface area (Å²) in [4.78, 5) is 27.2. The Hall–Kier alpha value is -2.19. The molecule has 25 heavy (non-hydrogen) atoms. The highest BCUT2D eigenvalue weighted by Crippen LogP contribution is 2.29. The Morgan fingerprint density at radius 3 is 2.56 bits per heavy atom. The van der Waals surface area contributed by atoms with Crippen molar-refractivity contribution in [2.75, 3.05) is 11.9 Å². The van der Waals surface area contributed by atoms with Crippen molar-refractivity contribution in [2.45, 2.75) is 45.4 Å². The second-order valence-corrected chi connectivity index (χ2v) is 6.61. The highest BCUT2D eigenvalue weighted by Gasteiger charge is 2.09. The smallest absolute Gasteiger partial charge is 0.243 e. The molecule has 0 aliphatic rings. The summed E-state index contributed by atoms with van der Waals surface area (Å²) < 4.78 is 6.44. The van der Waals surface area contributed by atoms with E-state index in [0.29, 0.717) is 31.0 Å². The Kier molecular flexibility index (Phi) is 7.62. The maximum absolute atomic E-state index is 12.0. The van der Waals surface area contributed by atoms with Gasteiger partial charge in [-0.1, -0.05) is 24.2 Å². The van der Waals surface area contributed by atoms with Gasteiger partial charge < -0.3 is 10.1 Å². The number of benzene rings is 1. The monoisotopic (exact) mass is 365 g/mol. The number of rotatable bonds is 10. The van der Waals surface area contributed by atoms with E-state index in [1.165, 1.54) is 11.3 Å². The molecule has 136 valence electrons. The van der Waals surface area contributed by atoms with Gasteiger partial charge in [0.1, 0.15) is 5.75 Å². The molecule has 3 N–H and O–H groups in total. The summed E-state index contributed by atoms with van der Waals surface area (Å²) in [7, 11) is 0. The van der Waals surface area contributed by atoms with Gasteiger partial charge in [-0.25, -0.2) is 10.5 Å². The molecule has 0 aliphatic heterocycles. The van der Waals surface area contributed by atoms with Crippen molar-refractivity contribution in [1.82, 2.24) is 10.5 Å². The van der Waals surface area contributed by atoms with Crippen LogP contribution in [0.1, 0.15) is 45.4 Å². The number of thiazole rings is 1. The molecular weight excluding hydrogens is 342 g/mol. The number of aromatic nitrogens is 1. The Labute approximate surface area is 150 Å². The number of carbonyl (C=O) groups excluding carboxylic acids is 2. The lowest BCUT2D eigenvalue weighted by Crippen LogP contribution is -2.17. The fourth-order valence-electron chi connectivity index (χ4n) is 2.38. The Balaban J connectivity index is 1.73. The first-order chi connectivity index (χ1) is 12.1. The summed E-state index contributed by atoms with van der Waals surface area (Å²) in [6.07, 6.45) is 3.90. The van der Waals surface area contributed by atoms with Gasteiger partial charge >= 0.3 is 0 Å². The molecule has 0 saturated heterocycles. The van der Waals surface area contributed by atoms with E-state index < -0.39 is 0 Å². The Bertz CT molecular complexity index is 717. The molecular formula is C17H23N3O4S. The molecule has 0 bridgehead atoms. The number of nitrogens with one attached hydrogen (secondary N) is 2. The molecule has 0 spiro atoms. The number of hydrogen-bond donors (Lipinski definition) is 3. The second kappa shape index (κ2) is 9.95. The highest BCUT2D eigenvalue weighted by molar-refractivity contribution is 7.22. The van der Waals surface area contributed by atoms with Gasteiger partial charge in [0.15, 0.2) is 5.13 Å². The van der Waals surface area contributed by atoms with Crippen molar-refractivity contribution in [3.63, 3.8) is 0 Å². The van der Waals surface area contributed by atoms with Crippen LogP contribution in [0.2, 0.25) is 0 Å². The number of hydroxylamine groups is 1. The second-order valence-electron chi connectivity index (χ2n) is 5.58. The number of fused-ring (bicyclic) bond motifs is 1. The molecule has 0 saturated carbocycles. The van der Waals surface area contributed by atoms with E-state index in [2.05, 4.69) is 10.3 Å². The standard InChI is InChI=1S/C17H23N3O4S/c1-2-24-12-9-10-13-14(11-12)25-17(18-13)19-15(21)7-5-3-4-6-8-16(22)20-23/h9-11,23H,2-8H2,1H3,(H,20,22)(H,18,19,21). The number of ether oxygens (including phenoxy) is 1. The Morgan fingerprint density at radius 2 is 1.88 bits per heavy atom. The van der Waals surface area contributed by atoms with E-state index in [-0.39, 0.29) is 11.8 Å². The molecule has 0 radical (unpaired) electrons. The summed E-state index contributed by atoms with van der Waals surface area (Å²) in [5, 5.41) is 11.8. The predicted molar refractivity (Wildman–Crippen MR) is 97.0 cm³/mol. The summed E-state index contributed by atoms with van der Waals surface area (Å²) in [6, 6.07) is 5.68. The van der Waals surface area contributed by atoms with E-state index in [0.717, 1.165) is 35.2 Å². The first-order valence-corrected chi connectivity index (χ1v) is 9.20. The summed E-state index contributed by atoms with van der Waals surface area (Å²) >= 11 is 1.43. The van der Waals surface area contributed by atoms with Crippen molar-refractivity contribution in [2.24, 2.45) is 0 Å². The van der Waals surface area contributed by atoms with Crippen molar-refractivity contribution < 1.29 is 19.5 Å². The number of carbonyl (C=O) groups is 2. The van der Waals surface area contributed by atoms with E-state index in [1.54, 1.807) is 5.48 Å². The number of nitrogens with zero attached hydrogens (tertiary/aromatic N) is 1. The van der Waals surface area contributed by atoms with Gasteiger partial charge in [-0.2, -0.15) is 0 Å². The number of anilines is 1. The van der Waals surface area contributed by atoms with Gasteiger partial charge in [-0.3, -0.25) is 14.8 Å². The molecule has 7 nitrogen and oxygen atoms in total. The molecule has 8 heteroatoms. The topological polar surface area (TPSA) is 101 Å². The SMILES string of the molecule is CCOc1ccc2nc(NC(=O)CCCCCCC(=O)NO)sc2c1. The molecule has 2 rings (SSSR count). The third-order valence-electron chi connectivity index (χ3n) is 3.60. The van der Waals surface area contributed by atoms with Crippen molar-refractivity contribution in [3.05, 3.63) is 18.2 Å². The van der Waals surface area contributed by atoms with Gasteiger partial charge in [-0.15, -0.1) is 0 Å². The summed E-state index contributed by atoms with van der Waals surface area (Å²) in [6.45, 7) is 2.54. The zero-order chi connectivity index (χ0) is 18.1. The third kappa shape index (κ3) is 6.32. The minimum atomic E-state index is -0.374. The molecule has 0 aliphatic carbocycles. The average molecular weight is 365 g/mol. The lowest BCUT2D eigenvalue weighted by molar-refractivity contribution is -0.129. The number of amides is 2. The van der Waals surface area contributed by atoms with Crippen LogP contribution in [0.3, 0.4) is 0 Å². The third-order valence-corrected chi connectivity index (χ3v) is 4.53. The normalized spacial score (nSPS) is 10.6. The largest absolute Gasteiger partial charge is 0.494 e. The quantitative estimate of drug-likeness (QED) is 0.340. The molecule has 1 aromatic carbocycles. The fourth-order valence-corrected chi connectivity index (χ4v) is 3.29. The van der Waals surface area contributed by atoms with E-state index >= 15 is 0 Å². The maximum atomic E-state index is 12.0. The van der Waals surface area contributed by atoms with Crippen molar-refractivity contribution >= 4 is 38.5 Å². The van der Waals surface area contributed by atoms with Gasteiger partial charge in [0.2, 0.25) is 11.8 Å². The summed E-state index contributed by atoms with van der Waals surface area (Å²) in [5.41, 5.74) is 2.44. The lowest BCUT2D eigenvalue weighted by Gasteiger charge is -2.02. The van der Waals surface area contributed by atoms with Crippen LogP contribution in [-0.2, 0) is 9.59 Å². The lowest BCUT2D eigenvalue weighted by atomic mass is 10.1. The number of hydrogen-bond acceptors (Lipinski definition) is 6.